The van der Waals surface area contributed by atoms with Gasteiger partial charge in [0.05, 0.1) is 0 Å². The summed E-state index contributed by atoms with van der Waals surface area (Å²) in [6, 6.07) is 18.8. The van der Waals surface area contributed by atoms with E-state index in [1.807, 2.05) is 32.9 Å². The molecule has 0 N–H and O–H groups in total. The number of unbranched alkanes of at least 4 members (excludes halogenated alkanes) is 14. The lowest BCUT2D eigenvalue weighted by Crippen LogP contribution is -2.35. The van der Waals surface area contributed by atoms with Gasteiger partial charge in [-0.1, -0.05) is 133 Å². The molecule has 0 spiro atoms. The smallest absolute Gasteiger partial charge is 0.347 e. The van der Waals surface area contributed by atoms with E-state index in [0.29, 0.717) is 6.42 Å². The zero-order chi connectivity index (χ0) is 28.6. The Hall–Kier alpha value is -2.55. The fourth-order valence-corrected chi connectivity index (χ4v) is 5.49. The first-order valence-electron chi connectivity index (χ1n) is 16.2. The van der Waals surface area contributed by atoms with E-state index in [-0.39, 0.29) is 5.97 Å². The molecule has 3 rings (SSSR count). The standard InChI is InChI=1S/C37H54O3/c1-5-6-7-8-9-10-11-12-13-14-15-16-17-18-19-26-35(36(38)40-37(2,3)4)39-34-27-22-25-32-28-30-23-20-21-24-31(30)29-33(32)34/h20-25,27-29,35H,5-19,26H2,1-4H3. The summed E-state index contributed by atoms with van der Waals surface area (Å²) >= 11 is 0. The van der Waals surface area contributed by atoms with Gasteiger partial charge in [-0.2, -0.15) is 0 Å². The largest absolute Gasteiger partial charge is 0.478 e. The molecule has 0 aromatic heterocycles. The maximum Gasteiger partial charge on any atom is 0.347 e. The van der Waals surface area contributed by atoms with Crippen LogP contribution in [0.25, 0.3) is 21.5 Å². The lowest BCUT2D eigenvalue weighted by molar-refractivity contribution is -0.163. The van der Waals surface area contributed by atoms with E-state index in [4.69, 9.17) is 9.47 Å². The van der Waals surface area contributed by atoms with Gasteiger partial charge in [0, 0.05) is 5.39 Å². The maximum atomic E-state index is 13.1. The van der Waals surface area contributed by atoms with Gasteiger partial charge < -0.3 is 9.47 Å². The van der Waals surface area contributed by atoms with Crippen LogP contribution in [0.15, 0.2) is 54.6 Å². The fraction of sp³-hybridized carbons (Fsp3) is 0.595. The molecular formula is C37H54O3. The number of benzene rings is 3. The van der Waals surface area contributed by atoms with Crippen molar-refractivity contribution in [2.75, 3.05) is 0 Å². The van der Waals surface area contributed by atoms with Crippen molar-refractivity contribution in [2.45, 2.75) is 142 Å². The average molecular weight is 547 g/mol. The van der Waals surface area contributed by atoms with Crippen molar-refractivity contribution in [1.29, 1.82) is 0 Å². The Morgan fingerprint density at radius 1 is 0.650 bits per heavy atom. The molecule has 0 fully saturated rings. The van der Waals surface area contributed by atoms with Crippen LogP contribution in [0.4, 0.5) is 0 Å². The normalized spacial score (nSPS) is 12.6. The molecule has 220 valence electrons. The Bertz CT molecular complexity index is 1140. The third-order valence-electron chi connectivity index (χ3n) is 7.72. The van der Waals surface area contributed by atoms with E-state index in [9.17, 15) is 4.79 Å². The quantitative estimate of drug-likeness (QED) is 0.0852. The number of fused-ring (bicyclic) bond motifs is 2. The number of rotatable bonds is 19. The van der Waals surface area contributed by atoms with Crippen molar-refractivity contribution in [1.82, 2.24) is 0 Å². The van der Waals surface area contributed by atoms with Gasteiger partial charge in [-0.05, 0) is 68.0 Å². The number of carbonyl (C=O) groups is 1. The van der Waals surface area contributed by atoms with Crippen molar-refractivity contribution >= 4 is 27.5 Å². The summed E-state index contributed by atoms with van der Waals surface area (Å²) in [6.07, 6.45) is 20.0. The molecule has 1 unspecified atom stereocenters. The summed E-state index contributed by atoms with van der Waals surface area (Å²) in [5.74, 6) is 0.482. The molecular weight excluding hydrogens is 492 g/mol. The minimum atomic E-state index is -0.599. The van der Waals surface area contributed by atoms with Gasteiger partial charge in [-0.25, -0.2) is 4.79 Å². The second kappa shape index (κ2) is 17.3. The Labute approximate surface area is 244 Å². The van der Waals surface area contributed by atoms with Crippen LogP contribution in [0.1, 0.15) is 130 Å². The molecule has 0 aliphatic rings. The fourth-order valence-electron chi connectivity index (χ4n) is 5.49. The Morgan fingerprint density at radius 2 is 1.15 bits per heavy atom. The van der Waals surface area contributed by atoms with Crippen LogP contribution in [0.2, 0.25) is 0 Å². The van der Waals surface area contributed by atoms with E-state index >= 15 is 0 Å². The molecule has 3 aromatic rings. The van der Waals surface area contributed by atoms with E-state index in [1.54, 1.807) is 0 Å². The van der Waals surface area contributed by atoms with Crippen molar-refractivity contribution in [2.24, 2.45) is 0 Å². The topological polar surface area (TPSA) is 35.5 Å². The molecule has 0 aliphatic carbocycles. The van der Waals surface area contributed by atoms with Crippen molar-refractivity contribution < 1.29 is 14.3 Å². The first-order chi connectivity index (χ1) is 19.4. The van der Waals surface area contributed by atoms with Gasteiger partial charge in [-0.15, -0.1) is 0 Å². The summed E-state index contributed by atoms with van der Waals surface area (Å²) in [7, 11) is 0. The highest BCUT2D eigenvalue weighted by molar-refractivity contribution is 6.01. The van der Waals surface area contributed by atoms with Gasteiger partial charge in [0.15, 0.2) is 6.10 Å². The van der Waals surface area contributed by atoms with E-state index in [1.165, 1.54) is 94.2 Å². The van der Waals surface area contributed by atoms with Crippen LogP contribution < -0.4 is 4.74 Å². The molecule has 0 aliphatic heterocycles. The minimum Gasteiger partial charge on any atom is -0.478 e. The SMILES string of the molecule is CCCCCCCCCCCCCCCCCC(Oc1cccc2cc3ccccc3cc12)C(=O)OC(C)(C)C. The van der Waals surface area contributed by atoms with E-state index < -0.39 is 11.7 Å². The first-order valence-corrected chi connectivity index (χ1v) is 16.2. The third-order valence-corrected chi connectivity index (χ3v) is 7.72. The number of esters is 1. The molecule has 3 nitrogen and oxygen atoms in total. The van der Waals surface area contributed by atoms with Gasteiger partial charge in [0.2, 0.25) is 0 Å². The van der Waals surface area contributed by atoms with Crippen LogP contribution in [0, 0.1) is 0 Å². The third kappa shape index (κ3) is 11.5. The van der Waals surface area contributed by atoms with Crippen LogP contribution in [0.5, 0.6) is 5.75 Å². The number of hydrogen-bond acceptors (Lipinski definition) is 3. The molecule has 1 atom stereocenters. The molecule has 0 amide bonds. The molecule has 3 heteroatoms. The summed E-state index contributed by atoms with van der Waals surface area (Å²) in [5, 5.41) is 4.52. The van der Waals surface area contributed by atoms with Crippen molar-refractivity contribution in [3.05, 3.63) is 54.6 Å². The number of ether oxygens (including phenoxy) is 2. The monoisotopic (exact) mass is 546 g/mol. The van der Waals surface area contributed by atoms with Gasteiger partial charge >= 0.3 is 5.97 Å². The highest BCUT2D eigenvalue weighted by Crippen LogP contribution is 2.31. The van der Waals surface area contributed by atoms with Crippen LogP contribution in [-0.4, -0.2) is 17.7 Å². The Morgan fingerprint density at radius 3 is 1.70 bits per heavy atom. The maximum absolute atomic E-state index is 13.1. The van der Waals surface area contributed by atoms with Gasteiger partial charge in [0.25, 0.3) is 0 Å². The molecule has 0 saturated carbocycles. The Balaban J connectivity index is 1.43. The molecule has 0 heterocycles. The predicted molar refractivity (Wildman–Crippen MR) is 171 cm³/mol. The molecule has 0 radical (unpaired) electrons. The second-order valence-corrected chi connectivity index (χ2v) is 12.6. The highest BCUT2D eigenvalue weighted by Gasteiger charge is 2.27. The summed E-state index contributed by atoms with van der Waals surface area (Å²) in [6.45, 7) is 8.03. The predicted octanol–water partition coefficient (Wildman–Crippen LogP) is 11.3. The number of carbonyl (C=O) groups excluding carboxylic acids is 1. The lowest BCUT2D eigenvalue weighted by Gasteiger charge is -2.25. The van der Waals surface area contributed by atoms with Gasteiger partial charge in [-0.3, -0.25) is 0 Å². The molecule has 40 heavy (non-hydrogen) atoms. The molecule has 3 aromatic carbocycles. The Kier molecular flexibility index (Phi) is 13.8. The second-order valence-electron chi connectivity index (χ2n) is 12.6. The summed E-state index contributed by atoms with van der Waals surface area (Å²) in [5.41, 5.74) is -0.539. The molecule has 0 saturated heterocycles. The van der Waals surface area contributed by atoms with E-state index in [2.05, 4.69) is 49.4 Å². The van der Waals surface area contributed by atoms with Crippen LogP contribution >= 0.6 is 0 Å². The average Bonchev–Trinajstić information content (AvgIpc) is 2.92. The van der Waals surface area contributed by atoms with Crippen LogP contribution in [0.3, 0.4) is 0 Å². The van der Waals surface area contributed by atoms with Crippen molar-refractivity contribution in [3.8, 4) is 5.75 Å². The van der Waals surface area contributed by atoms with E-state index in [0.717, 1.165) is 29.4 Å². The van der Waals surface area contributed by atoms with Gasteiger partial charge in [0.1, 0.15) is 11.4 Å². The highest BCUT2D eigenvalue weighted by atomic mass is 16.6. The first kappa shape index (κ1) is 32.0. The lowest BCUT2D eigenvalue weighted by atomic mass is 10.0. The summed E-state index contributed by atoms with van der Waals surface area (Å²) in [4.78, 5) is 13.1. The molecule has 0 bridgehead atoms. The zero-order valence-electron chi connectivity index (χ0n) is 25.8. The van der Waals surface area contributed by atoms with Crippen molar-refractivity contribution in [3.63, 3.8) is 0 Å². The van der Waals surface area contributed by atoms with Crippen LogP contribution in [-0.2, 0) is 9.53 Å². The zero-order valence-corrected chi connectivity index (χ0v) is 25.8. The minimum absolute atomic E-state index is 0.268. The number of hydrogen-bond donors (Lipinski definition) is 0. The summed E-state index contributed by atoms with van der Waals surface area (Å²) < 4.78 is 12.2.